The Bertz CT molecular complexity index is 781. The van der Waals surface area contributed by atoms with Crippen molar-refractivity contribution >= 4 is 10.9 Å². The number of nitrogens with zero attached hydrogens (tertiary/aromatic N) is 1. The van der Waals surface area contributed by atoms with Crippen LogP contribution in [0.15, 0.2) is 54.7 Å². The molecule has 1 unspecified atom stereocenters. The Labute approximate surface area is 121 Å². The fourth-order valence-electron chi connectivity index (χ4n) is 2.48. The molecule has 1 atom stereocenters. The van der Waals surface area contributed by atoms with Gasteiger partial charge in [-0.15, -0.1) is 0 Å². The van der Waals surface area contributed by atoms with Gasteiger partial charge in [0, 0.05) is 17.6 Å². The first-order chi connectivity index (χ1) is 10.1. The topological polar surface area (TPSA) is 38.9 Å². The second kappa shape index (κ2) is 5.58. The molecule has 3 rings (SSSR count). The summed E-state index contributed by atoms with van der Waals surface area (Å²) in [6.45, 7) is 0. The number of hydrogen-bond acceptors (Lipinski definition) is 2. The summed E-state index contributed by atoms with van der Waals surface area (Å²) in [6.07, 6.45) is 2.16. The Balaban J connectivity index is 1.93. The fraction of sp³-hybridized carbons (Fsp3) is 0.118. The molecule has 0 radical (unpaired) electrons. The summed E-state index contributed by atoms with van der Waals surface area (Å²) in [4.78, 5) is 4.29. The SMILES string of the molecule is NC(Cc1ccc(F)c(F)c1)c1cccc2ncccc12. The second-order valence-electron chi connectivity index (χ2n) is 4.98. The summed E-state index contributed by atoms with van der Waals surface area (Å²) in [7, 11) is 0. The summed E-state index contributed by atoms with van der Waals surface area (Å²) < 4.78 is 26.2. The van der Waals surface area contributed by atoms with Crippen LogP contribution in [0.3, 0.4) is 0 Å². The normalized spacial score (nSPS) is 12.5. The third-order valence-corrected chi connectivity index (χ3v) is 3.52. The van der Waals surface area contributed by atoms with Crippen molar-refractivity contribution in [1.82, 2.24) is 4.98 Å². The van der Waals surface area contributed by atoms with Crippen LogP contribution in [-0.2, 0) is 6.42 Å². The van der Waals surface area contributed by atoms with Gasteiger partial charge in [-0.2, -0.15) is 0 Å². The van der Waals surface area contributed by atoms with Gasteiger partial charge in [-0.05, 0) is 41.8 Å². The highest BCUT2D eigenvalue weighted by atomic mass is 19.2. The van der Waals surface area contributed by atoms with E-state index in [0.29, 0.717) is 12.0 Å². The van der Waals surface area contributed by atoms with Crippen LogP contribution >= 0.6 is 0 Å². The number of nitrogens with two attached hydrogens (primary N) is 1. The minimum atomic E-state index is -0.848. The zero-order valence-corrected chi connectivity index (χ0v) is 11.3. The predicted octanol–water partition coefficient (Wildman–Crippen LogP) is 3.76. The molecular weight excluding hydrogens is 270 g/mol. The van der Waals surface area contributed by atoms with E-state index in [1.54, 1.807) is 12.3 Å². The molecular formula is C17H14F2N2. The fourth-order valence-corrected chi connectivity index (χ4v) is 2.48. The number of aromatic nitrogens is 1. The van der Waals surface area contributed by atoms with E-state index in [1.807, 2.05) is 30.3 Å². The van der Waals surface area contributed by atoms with Crippen LogP contribution < -0.4 is 5.73 Å². The van der Waals surface area contributed by atoms with E-state index in [9.17, 15) is 8.78 Å². The van der Waals surface area contributed by atoms with Crippen molar-refractivity contribution in [3.63, 3.8) is 0 Å². The lowest BCUT2D eigenvalue weighted by Crippen LogP contribution is -2.14. The van der Waals surface area contributed by atoms with Crippen LogP contribution in [0.1, 0.15) is 17.2 Å². The van der Waals surface area contributed by atoms with Gasteiger partial charge >= 0.3 is 0 Å². The molecule has 0 aliphatic heterocycles. The van der Waals surface area contributed by atoms with Crippen LogP contribution in [0.2, 0.25) is 0 Å². The molecule has 0 bridgehead atoms. The van der Waals surface area contributed by atoms with Gasteiger partial charge in [0.2, 0.25) is 0 Å². The zero-order chi connectivity index (χ0) is 14.8. The molecule has 0 aliphatic carbocycles. The van der Waals surface area contributed by atoms with Crippen molar-refractivity contribution < 1.29 is 8.78 Å². The van der Waals surface area contributed by atoms with E-state index in [-0.39, 0.29) is 6.04 Å². The predicted molar refractivity (Wildman–Crippen MR) is 78.7 cm³/mol. The number of rotatable bonds is 3. The van der Waals surface area contributed by atoms with Gasteiger partial charge in [0.1, 0.15) is 0 Å². The number of halogens is 2. The summed E-state index contributed by atoms with van der Waals surface area (Å²) in [5.41, 5.74) is 8.73. The molecule has 3 aromatic rings. The summed E-state index contributed by atoms with van der Waals surface area (Å²) in [6, 6.07) is 13.1. The number of hydrogen-bond donors (Lipinski definition) is 1. The van der Waals surface area contributed by atoms with Crippen LogP contribution in [0.25, 0.3) is 10.9 Å². The highest BCUT2D eigenvalue weighted by Gasteiger charge is 2.12. The minimum absolute atomic E-state index is 0.303. The molecule has 0 amide bonds. The second-order valence-corrected chi connectivity index (χ2v) is 4.98. The van der Waals surface area contributed by atoms with Gasteiger partial charge in [0.15, 0.2) is 11.6 Å². The summed E-state index contributed by atoms with van der Waals surface area (Å²) >= 11 is 0. The Morgan fingerprint density at radius 3 is 2.67 bits per heavy atom. The smallest absolute Gasteiger partial charge is 0.159 e. The van der Waals surface area contributed by atoms with Crippen molar-refractivity contribution in [2.45, 2.75) is 12.5 Å². The average molecular weight is 284 g/mol. The molecule has 2 N–H and O–H groups in total. The molecule has 0 saturated heterocycles. The third-order valence-electron chi connectivity index (χ3n) is 3.52. The molecule has 0 spiro atoms. The van der Waals surface area contributed by atoms with E-state index in [0.717, 1.165) is 22.5 Å². The lowest BCUT2D eigenvalue weighted by Gasteiger charge is -2.14. The molecule has 2 aromatic carbocycles. The van der Waals surface area contributed by atoms with E-state index >= 15 is 0 Å². The largest absolute Gasteiger partial charge is 0.324 e. The van der Waals surface area contributed by atoms with E-state index in [1.165, 1.54) is 6.07 Å². The summed E-state index contributed by atoms with van der Waals surface area (Å²) in [5, 5.41) is 0.982. The maximum atomic E-state index is 13.3. The van der Waals surface area contributed by atoms with Gasteiger partial charge in [0.25, 0.3) is 0 Å². The van der Waals surface area contributed by atoms with Gasteiger partial charge in [-0.3, -0.25) is 4.98 Å². The highest BCUT2D eigenvalue weighted by Crippen LogP contribution is 2.24. The standard InChI is InChI=1S/C17H14F2N2/c18-14-7-6-11(9-15(14)19)10-16(20)12-3-1-5-17-13(12)4-2-8-21-17/h1-9,16H,10,20H2. The van der Waals surface area contributed by atoms with Gasteiger partial charge < -0.3 is 5.73 Å². The maximum absolute atomic E-state index is 13.3. The molecule has 106 valence electrons. The van der Waals surface area contributed by atoms with Crippen molar-refractivity contribution in [1.29, 1.82) is 0 Å². The quantitative estimate of drug-likeness (QED) is 0.795. The molecule has 1 heterocycles. The first kappa shape index (κ1) is 13.6. The minimum Gasteiger partial charge on any atom is -0.324 e. The van der Waals surface area contributed by atoms with Crippen LogP contribution in [0, 0.1) is 11.6 Å². The lowest BCUT2D eigenvalue weighted by molar-refractivity contribution is 0.506. The Hall–Kier alpha value is -2.33. The average Bonchev–Trinajstić information content (AvgIpc) is 2.50. The lowest BCUT2D eigenvalue weighted by atomic mass is 9.96. The summed E-state index contributed by atoms with van der Waals surface area (Å²) in [5.74, 6) is -1.69. The van der Waals surface area contributed by atoms with E-state index < -0.39 is 11.6 Å². The van der Waals surface area contributed by atoms with Crippen molar-refractivity contribution in [2.75, 3.05) is 0 Å². The molecule has 1 aromatic heterocycles. The third kappa shape index (κ3) is 2.76. The van der Waals surface area contributed by atoms with Crippen molar-refractivity contribution in [3.8, 4) is 0 Å². The van der Waals surface area contributed by atoms with Gasteiger partial charge in [0.05, 0.1) is 5.52 Å². The van der Waals surface area contributed by atoms with Gasteiger partial charge in [-0.1, -0.05) is 24.3 Å². The molecule has 2 nitrogen and oxygen atoms in total. The van der Waals surface area contributed by atoms with E-state index in [4.69, 9.17) is 5.73 Å². The van der Waals surface area contributed by atoms with Crippen molar-refractivity contribution in [3.05, 3.63) is 77.5 Å². The van der Waals surface area contributed by atoms with Crippen LogP contribution in [0.4, 0.5) is 8.78 Å². The first-order valence-electron chi connectivity index (χ1n) is 6.68. The van der Waals surface area contributed by atoms with Crippen LogP contribution in [-0.4, -0.2) is 4.98 Å². The monoisotopic (exact) mass is 284 g/mol. The molecule has 21 heavy (non-hydrogen) atoms. The highest BCUT2D eigenvalue weighted by molar-refractivity contribution is 5.82. The Morgan fingerprint density at radius 2 is 1.86 bits per heavy atom. The molecule has 0 fully saturated rings. The number of pyridine rings is 1. The molecule has 0 saturated carbocycles. The first-order valence-corrected chi connectivity index (χ1v) is 6.68. The number of fused-ring (bicyclic) bond motifs is 1. The molecule has 4 heteroatoms. The Morgan fingerprint density at radius 1 is 1.00 bits per heavy atom. The molecule has 0 aliphatic rings. The Kier molecular flexibility index (Phi) is 3.62. The van der Waals surface area contributed by atoms with Crippen molar-refractivity contribution in [2.24, 2.45) is 5.73 Å². The van der Waals surface area contributed by atoms with E-state index in [2.05, 4.69) is 4.98 Å². The number of benzene rings is 2. The maximum Gasteiger partial charge on any atom is 0.159 e. The van der Waals surface area contributed by atoms with Crippen LogP contribution in [0.5, 0.6) is 0 Å². The van der Waals surface area contributed by atoms with Gasteiger partial charge in [-0.25, -0.2) is 8.78 Å². The zero-order valence-electron chi connectivity index (χ0n) is 11.3.